The molecule has 82 valence electrons. The lowest BCUT2D eigenvalue weighted by Gasteiger charge is -2.40. The van der Waals surface area contributed by atoms with E-state index in [2.05, 4.69) is 12.5 Å². The van der Waals surface area contributed by atoms with Crippen molar-refractivity contribution in [2.24, 2.45) is 0 Å². The van der Waals surface area contributed by atoms with Gasteiger partial charge in [0.1, 0.15) is 0 Å². The van der Waals surface area contributed by atoms with Crippen LogP contribution in [-0.2, 0) is 4.79 Å². The topological polar surface area (TPSA) is 20.3 Å². The van der Waals surface area contributed by atoms with Crippen LogP contribution in [0.25, 0.3) is 0 Å². The highest BCUT2D eigenvalue weighted by Gasteiger charge is 2.23. The molecule has 0 saturated carbocycles. The van der Waals surface area contributed by atoms with Gasteiger partial charge in [-0.15, -0.1) is 0 Å². The molecule has 0 aromatic heterocycles. The molecule has 0 radical (unpaired) electrons. The van der Waals surface area contributed by atoms with E-state index in [9.17, 15) is 4.79 Å². The summed E-state index contributed by atoms with van der Waals surface area (Å²) in [6, 6.07) is 0. The summed E-state index contributed by atoms with van der Waals surface area (Å²) < 4.78 is 0. The average molecular weight is 215 g/mol. The van der Waals surface area contributed by atoms with E-state index in [1.54, 1.807) is 6.08 Å². The van der Waals surface area contributed by atoms with Gasteiger partial charge in [0.2, 0.25) is 5.91 Å². The highest BCUT2D eigenvalue weighted by Crippen LogP contribution is 2.41. The molecule has 0 atom stereocenters. The largest absolute Gasteiger partial charge is 0.338 e. The first kappa shape index (κ1) is 11.6. The molecule has 1 fully saturated rings. The van der Waals surface area contributed by atoms with Crippen molar-refractivity contribution < 1.29 is 4.79 Å². The van der Waals surface area contributed by atoms with Crippen molar-refractivity contribution in [3.8, 4) is 0 Å². The summed E-state index contributed by atoms with van der Waals surface area (Å²) in [5.74, 6) is 2.60. The summed E-state index contributed by atoms with van der Waals surface area (Å²) in [6.07, 6.45) is 6.46. The summed E-state index contributed by atoms with van der Waals surface area (Å²) in [7, 11) is -0.392. The van der Waals surface area contributed by atoms with Gasteiger partial charge in [-0.3, -0.25) is 4.79 Å². The summed E-state index contributed by atoms with van der Waals surface area (Å²) in [5.41, 5.74) is 1.09. The summed E-state index contributed by atoms with van der Waals surface area (Å²) in [6.45, 7) is 5.84. The number of hydrogen-bond donors (Lipinski definition) is 0. The Morgan fingerprint density at radius 1 is 1.21 bits per heavy atom. The molecule has 1 saturated heterocycles. The van der Waals surface area contributed by atoms with Crippen LogP contribution in [0, 0.1) is 0 Å². The molecule has 0 aromatic carbocycles. The molecule has 1 aliphatic heterocycles. The van der Waals surface area contributed by atoms with Crippen molar-refractivity contribution in [2.45, 2.75) is 13.8 Å². The van der Waals surface area contributed by atoms with Gasteiger partial charge >= 0.3 is 0 Å². The van der Waals surface area contributed by atoms with Crippen molar-refractivity contribution in [3.05, 3.63) is 11.6 Å². The summed E-state index contributed by atoms with van der Waals surface area (Å²) >= 11 is 0. The second-order valence-corrected chi connectivity index (χ2v) is 9.07. The number of carbonyl (C=O) groups excluding carboxylic acids is 1. The number of nitrogens with zero attached hydrogens (tertiary/aromatic N) is 1. The lowest BCUT2D eigenvalue weighted by molar-refractivity contribution is -0.125. The molecule has 1 rings (SSSR count). The monoisotopic (exact) mass is 215 g/mol. The average Bonchev–Trinajstić information content (AvgIpc) is 2.02. The van der Waals surface area contributed by atoms with Gasteiger partial charge in [0.05, 0.1) is 0 Å². The van der Waals surface area contributed by atoms with Gasteiger partial charge < -0.3 is 4.90 Å². The highest BCUT2D eigenvalue weighted by atomic mass is 32.3. The van der Waals surface area contributed by atoms with E-state index >= 15 is 0 Å². The molecule has 0 unspecified atom stereocenters. The number of hydrogen-bond acceptors (Lipinski definition) is 1. The maximum absolute atomic E-state index is 11.7. The molecule has 14 heavy (non-hydrogen) atoms. The van der Waals surface area contributed by atoms with E-state index in [-0.39, 0.29) is 5.91 Å². The van der Waals surface area contributed by atoms with E-state index in [0.717, 1.165) is 18.7 Å². The molecular weight excluding hydrogens is 194 g/mol. The Balaban J connectivity index is 2.50. The molecule has 2 nitrogen and oxygen atoms in total. The Morgan fingerprint density at radius 2 is 1.71 bits per heavy atom. The molecule has 0 spiro atoms. The fraction of sp³-hybridized carbons (Fsp3) is 0.727. The van der Waals surface area contributed by atoms with E-state index in [1.807, 2.05) is 18.7 Å². The fourth-order valence-corrected chi connectivity index (χ4v) is 3.12. The van der Waals surface area contributed by atoms with E-state index in [0.29, 0.717) is 0 Å². The van der Waals surface area contributed by atoms with Gasteiger partial charge in [-0.2, -0.15) is 0 Å². The summed E-state index contributed by atoms with van der Waals surface area (Å²) in [4.78, 5) is 13.7. The lowest BCUT2D eigenvalue weighted by atomic mass is 10.3. The highest BCUT2D eigenvalue weighted by molar-refractivity contribution is 8.32. The van der Waals surface area contributed by atoms with Gasteiger partial charge in [-0.05, 0) is 37.9 Å². The SMILES string of the molecule is CC(C)=CC(=O)N1CCS(C)(C)CC1. The van der Waals surface area contributed by atoms with Gasteiger partial charge in [-0.25, -0.2) is 10.0 Å². The van der Waals surface area contributed by atoms with Crippen molar-refractivity contribution in [1.29, 1.82) is 0 Å². The van der Waals surface area contributed by atoms with Crippen LogP contribution in [-0.4, -0.2) is 47.9 Å². The third-order valence-electron chi connectivity index (χ3n) is 2.55. The van der Waals surface area contributed by atoms with Crippen molar-refractivity contribution in [3.63, 3.8) is 0 Å². The van der Waals surface area contributed by atoms with Gasteiger partial charge in [0.15, 0.2) is 0 Å². The first-order chi connectivity index (χ1) is 6.41. The first-order valence-electron chi connectivity index (χ1n) is 5.03. The molecule has 0 bridgehead atoms. The predicted molar refractivity (Wildman–Crippen MR) is 65.2 cm³/mol. The van der Waals surface area contributed by atoms with Crippen LogP contribution in [0.15, 0.2) is 11.6 Å². The lowest BCUT2D eigenvalue weighted by Crippen LogP contribution is -2.41. The van der Waals surface area contributed by atoms with Crippen molar-refractivity contribution >= 4 is 15.9 Å². The van der Waals surface area contributed by atoms with Crippen LogP contribution in [0.2, 0.25) is 0 Å². The molecule has 3 heteroatoms. The van der Waals surface area contributed by atoms with Crippen LogP contribution in [0.5, 0.6) is 0 Å². The van der Waals surface area contributed by atoms with E-state index in [1.165, 1.54) is 11.5 Å². The Hall–Kier alpha value is -0.440. The van der Waals surface area contributed by atoms with Gasteiger partial charge in [-0.1, -0.05) is 5.57 Å². The smallest absolute Gasteiger partial charge is 0.246 e. The predicted octanol–water partition coefficient (Wildman–Crippen LogP) is 1.86. The quantitative estimate of drug-likeness (QED) is 0.611. The standard InChI is InChI=1S/C11H21NOS/c1-10(2)9-11(13)12-5-7-14(3,4)8-6-12/h9H,5-8H2,1-4H3. The zero-order valence-electron chi connectivity index (χ0n) is 9.67. The minimum absolute atomic E-state index is 0.194. The molecular formula is C11H21NOS. The van der Waals surface area contributed by atoms with Crippen molar-refractivity contribution in [2.75, 3.05) is 37.1 Å². The third kappa shape index (κ3) is 3.37. The molecule has 0 N–H and O–H groups in total. The minimum atomic E-state index is -0.392. The molecule has 1 aliphatic rings. The second-order valence-electron chi connectivity index (χ2n) is 4.72. The van der Waals surface area contributed by atoms with Crippen LogP contribution < -0.4 is 0 Å². The van der Waals surface area contributed by atoms with E-state index < -0.39 is 10.0 Å². The maximum Gasteiger partial charge on any atom is 0.246 e. The minimum Gasteiger partial charge on any atom is -0.338 e. The zero-order valence-corrected chi connectivity index (χ0v) is 10.5. The maximum atomic E-state index is 11.7. The van der Waals surface area contributed by atoms with Gasteiger partial charge in [0.25, 0.3) is 0 Å². The normalized spacial score (nSPS) is 22.7. The van der Waals surface area contributed by atoms with E-state index in [4.69, 9.17) is 0 Å². The van der Waals surface area contributed by atoms with Crippen LogP contribution in [0.3, 0.4) is 0 Å². The Labute approximate surface area is 88.7 Å². The fourth-order valence-electron chi connectivity index (χ4n) is 1.49. The van der Waals surface area contributed by atoms with Crippen LogP contribution in [0.4, 0.5) is 0 Å². The zero-order chi connectivity index (χ0) is 10.8. The van der Waals surface area contributed by atoms with Crippen LogP contribution in [0.1, 0.15) is 13.8 Å². The molecule has 1 heterocycles. The number of amides is 1. The Morgan fingerprint density at radius 3 is 2.14 bits per heavy atom. The first-order valence-corrected chi connectivity index (χ1v) is 7.82. The molecule has 0 aliphatic carbocycles. The van der Waals surface area contributed by atoms with Gasteiger partial charge in [0, 0.05) is 19.2 Å². The molecule has 0 aromatic rings. The number of allylic oxidation sites excluding steroid dienone is 1. The summed E-state index contributed by atoms with van der Waals surface area (Å²) in [5, 5.41) is 0. The third-order valence-corrected chi connectivity index (χ3v) is 5.13. The number of carbonyl (C=O) groups is 1. The molecule has 1 amide bonds. The second kappa shape index (κ2) is 4.39. The Kier molecular flexibility index (Phi) is 3.65. The van der Waals surface area contributed by atoms with Crippen LogP contribution >= 0.6 is 10.0 Å². The Bertz CT molecular complexity index is 244. The van der Waals surface area contributed by atoms with Crippen molar-refractivity contribution in [1.82, 2.24) is 4.90 Å². The number of rotatable bonds is 1.